The molecule has 2 amide bonds. The van der Waals surface area contributed by atoms with Gasteiger partial charge >= 0.3 is 6.03 Å². The van der Waals surface area contributed by atoms with Gasteiger partial charge in [0.15, 0.2) is 17.2 Å². The van der Waals surface area contributed by atoms with E-state index in [0.717, 1.165) is 16.9 Å². The zero-order valence-electron chi connectivity index (χ0n) is 22.4. The Balaban J connectivity index is 1.30. The van der Waals surface area contributed by atoms with Gasteiger partial charge in [-0.3, -0.25) is 10.1 Å². The molecule has 4 aromatic rings. The van der Waals surface area contributed by atoms with E-state index in [-0.39, 0.29) is 40.3 Å². The summed E-state index contributed by atoms with van der Waals surface area (Å²) in [6.07, 6.45) is 4.39. The highest BCUT2D eigenvalue weighted by molar-refractivity contribution is 5.89. The molecule has 5 rings (SSSR count). The van der Waals surface area contributed by atoms with Gasteiger partial charge in [0.1, 0.15) is 22.9 Å². The molecular weight excluding hydrogens is 515 g/mol. The number of hydrogen-bond acceptors (Lipinski definition) is 7. The number of amides is 2. The van der Waals surface area contributed by atoms with Crippen molar-refractivity contribution in [3.05, 3.63) is 87.9 Å². The van der Waals surface area contributed by atoms with E-state index in [4.69, 9.17) is 15.6 Å². The molecule has 0 spiro atoms. The van der Waals surface area contributed by atoms with Gasteiger partial charge in [-0.1, -0.05) is 38.5 Å². The number of aromatic nitrogens is 5. The van der Waals surface area contributed by atoms with Gasteiger partial charge in [0.25, 0.3) is 5.56 Å². The Labute approximate surface area is 229 Å². The quantitative estimate of drug-likeness (QED) is 0.290. The summed E-state index contributed by atoms with van der Waals surface area (Å²) in [5, 5.41) is 10.2. The number of nitrogen functional groups attached to an aromatic ring is 1. The van der Waals surface area contributed by atoms with Crippen LogP contribution in [0.5, 0.6) is 5.75 Å². The molecule has 3 heterocycles. The third-order valence-electron chi connectivity index (χ3n) is 6.29. The Morgan fingerprint density at radius 1 is 1.23 bits per heavy atom. The minimum Gasteiger partial charge on any atom is -0.455 e. The summed E-state index contributed by atoms with van der Waals surface area (Å²) in [4.78, 5) is 35.4. The van der Waals surface area contributed by atoms with Crippen LogP contribution in [0.2, 0.25) is 0 Å². The van der Waals surface area contributed by atoms with Crippen molar-refractivity contribution in [3.8, 4) is 11.4 Å². The number of nitrogens with two attached hydrogens (primary N) is 1. The van der Waals surface area contributed by atoms with E-state index in [2.05, 4.69) is 25.6 Å². The maximum Gasteiger partial charge on any atom is 0.320 e. The zero-order valence-corrected chi connectivity index (χ0v) is 22.4. The number of carbonyl (C=O) groups excluding carboxylic acids is 1. The summed E-state index contributed by atoms with van der Waals surface area (Å²) < 4.78 is 22.5. The lowest BCUT2D eigenvalue weighted by atomic mass is 9.92. The van der Waals surface area contributed by atoms with Crippen LogP contribution in [0.3, 0.4) is 0 Å². The molecule has 40 heavy (non-hydrogen) atoms. The molecule has 12 heteroatoms. The third-order valence-corrected chi connectivity index (χ3v) is 6.29. The number of allylic oxidation sites excluding steroid dienone is 1. The first kappa shape index (κ1) is 26.6. The van der Waals surface area contributed by atoms with E-state index in [1.165, 1.54) is 18.3 Å². The number of aromatic amines is 1. The number of hydrogen-bond donors (Lipinski definition) is 4. The number of urea groups is 1. The van der Waals surface area contributed by atoms with E-state index in [1.54, 1.807) is 10.8 Å². The van der Waals surface area contributed by atoms with Gasteiger partial charge in [-0.25, -0.2) is 23.8 Å². The van der Waals surface area contributed by atoms with Crippen LogP contribution in [0.4, 0.5) is 20.8 Å². The Hall–Kier alpha value is -5.00. The molecule has 1 aromatic carbocycles. The second-order valence-corrected chi connectivity index (χ2v) is 10.5. The van der Waals surface area contributed by atoms with Gasteiger partial charge in [-0.2, -0.15) is 5.10 Å². The summed E-state index contributed by atoms with van der Waals surface area (Å²) in [7, 11) is 0. The lowest BCUT2D eigenvalue weighted by Crippen LogP contribution is -2.39. The topological polar surface area (TPSA) is 153 Å². The highest BCUT2D eigenvalue weighted by atomic mass is 19.1. The Morgan fingerprint density at radius 3 is 2.67 bits per heavy atom. The number of pyridine rings is 1. The van der Waals surface area contributed by atoms with Crippen molar-refractivity contribution in [2.24, 2.45) is 0 Å². The van der Waals surface area contributed by atoms with Crippen molar-refractivity contribution in [1.29, 1.82) is 0 Å². The van der Waals surface area contributed by atoms with Gasteiger partial charge in [0.05, 0.1) is 17.4 Å². The first-order chi connectivity index (χ1) is 19.0. The van der Waals surface area contributed by atoms with E-state index in [1.807, 2.05) is 58.0 Å². The molecule has 11 nitrogen and oxygen atoms in total. The monoisotopic (exact) mass is 544 g/mol. The van der Waals surface area contributed by atoms with Gasteiger partial charge in [0, 0.05) is 29.8 Å². The maximum atomic E-state index is 15.1. The zero-order chi connectivity index (χ0) is 28.6. The fraction of sp³-hybridized carbons (Fsp3) is 0.250. The molecule has 0 fully saturated rings. The van der Waals surface area contributed by atoms with Crippen LogP contribution in [-0.2, 0) is 5.41 Å². The lowest BCUT2D eigenvalue weighted by molar-refractivity contribution is 0.248. The minimum absolute atomic E-state index is 0.139. The molecule has 1 aliphatic carbocycles. The summed E-state index contributed by atoms with van der Waals surface area (Å²) >= 11 is 0. The SMILES string of the molecule is Cc1ccc(-n2nc(C(C)(C)C)cc2NC(=O)NC2CC=C(Oc3ccnc4nc(N)c(=O)[nH]c34)C=C2F)cc1. The number of ether oxygens (including phenoxy) is 1. The van der Waals surface area contributed by atoms with Crippen LogP contribution < -0.4 is 26.7 Å². The average molecular weight is 545 g/mol. The molecule has 1 atom stereocenters. The molecule has 0 saturated carbocycles. The van der Waals surface area contributed by atoms with Crippen LogP contribution in [0, 0.1) is 6.92 Å². The molecule has 1 unspecified atom stereocenters. The maximum absolute atomic E-state index is 15.1. The molecule has 206 valence electrons. The number of fused-ring (bicyclic) bond motifs is 1. The fourth-order valence-corrected chi connectivity index (χ4v) is 4.06. The van der Waals surface area contributed by atoms with Crippen LogP contribution in [0.25, 0.3) is 16.9 Å². The number of nitrogens with one attached hydrogen (secondary N) is 3. The van der Waals surface area contributed by atoms with Crippen LogP contribution in [-0.4, -0.2) is 36.8 Å². The van der Waals surface area contributed by atoms with Gasteiger partial charge in [0.2, 0.25) is 0 Å². The fourth-order valence-electron chi connectivity index (χ4n) is 4.06. The second-order valence-electron chi connectivity index (χ2n) is 10.5. The van der Waals surface area contributed by atoms with Crippen LogP contribution in [0.15, 0.2) is 71.1 Å². The summed E-state index contributed by atoms with van der Waals surface area (Å²) in [5.41, 5.74) is 7.81. The molecule has 0 bridgehead atoms. The molecule has 0 aliphatic heterocycles. The normalized spacial score (nSPS) is 15.4. The van der Waals surface area contributed by atoms with Crippen molar-refractivity contribution in [1.82, 2.24) is 30.0 Å². The molecule has 1 aliphatic rings. The highest BCUT2D eigenvalue weighted by Crippen LogP contribution is 2.28. The number of H-pyrrole nitrogens is 1. The second kappa shape index (κ2) is 10.3. The standard InChI is InChI=1S/C28H29FN8O3/c1-15-5-7-16(8-6-15)37-22(14-21(36-37)28(2,3)4)33-27(39)32-19-10-9-17(13-18(19)29)40-20-11-12-31-25-23(20)34-26(38)24(30)35-25/h5-9,11-14,19H,10H2,1-4H3,(H,34,38)(H2,30,31,35)(H2,32,33,39). The van der Waals surface area contributed by atoms with Gasteiger partial charge in [-0.05, 0) is 31.6 Å². The van der Waals surface area contributed by atoms with E-state index in [9.17, 15) is 9.59 Å². The lowest BCUT2D eigenvalue weighted by Gasteiger charge is -2.21. The summed E-state index contributed by atoms with van der Waals surface area (Å²) in [6.45, 7) is 8.09. The van der Waals surface area contributed by atoms with Crippen molar-refractivity contribution >= 4 is 28.8 Å². The molecule has 3 aromatic heterocycles. The van der Waals surface area contributed by atoms with E-state index >= 15 is 4.39 Å². The smallest absolute Gasteiger partial charge is 0.320 e. The number of benzene rings is 1. The highest BCUT2D eigenvalue weighted by Gasteiger charge is 2.25. The molecular formula is C28H29FN8O3. The first-order valence-electron chi connectivity index (χ1n) is 12.6. The number of halogens is 1. The van der Waals surface area contributed by atoms with E-state index < -0.39 is 23.5 Å². The molecule has 5 N–H and O–H groups in total. The number of nitrogens with zero attached hydrogens (tertiary/aromatic N) is 4. The third kappa shape index (κ3) is 5.55. The van der Waals surface area contributed by atoms with Crippen molar-refractivity contribution < 1.29 is 13.9 Å². The number of anilines is 2. The van der Waals surface area contributed by atoms with Crippen molar-refractivity contribution in [3.63, 3.8) is 0 Å². The van der Waals surface area contributed by atoms with E-state index in [0.29, 0.717) is 5.82 Å². The Kier molecular flexibility index (Phi) is 6.84. The van der Waals surface area contributed by atoms with Crippen molar-refractivity contribution in [2.75, 3.05) is 11.1 Å². The molecule has 0 radical (unpaired) electrons. The first-order valence-corrected chi connectivity index (χ1v) is 12.6. The Morgan fingerprint density at radius 2 is 1.98 bits per heavy atom. The van der Waals surface area contributed by atoms with Crippen LogP contribution in [0.1, 0.15) is 38.4 Å². The van der Waals surface area contributed by atoms with Crippen molar-refractivity contribution in [2.45, 2.75) is 45.6 Å². The average Bonchev–Trinajstić information content (AvgIpc) is 3.31. The summed E-state index contributed by atoms with van der Waals surface area (Å²) in [6, 6.07) is 9.60. The number of carbonyl (C=O) groups is 1. The minimum atomic E-state index is -0.902. The number of aryl methyl sites for hydroxylation is 1. The Bertz CT molecular complexity index is 1710. The largest absolute Gasteiger partial charge is 0.455 e. The van der Waals surface area contributed by atoms with Crippen LogP contribution >= 0.6 is 0 Å². The predicted octanol–water partition coefficient (Wildman–Crippen LogP) is 4.40. The van der Waals surface area contributed by atoms with Gasteiger partial charge < -0.3 is 20.8 Å². The number of rotatable bonds is 5. The molecule has 0 saturated heterocycles. The summed E-state index contributed by atoms with van der Waals surface area (Å²) in [5.74, 6) is 0.0772. The predicted molar refractivity (Wildman–Crippen MR) is 150 cm³/mol. The van der Waals surface area contributed by atoms with Gasteiger partial charge in [-0.15, -0.1) is 0 Å².